The molecule has 3 rings (SSSR count). The molecule has 0 saturated carbocycles. The van der Waals surface area contributed by atoms with E-state index < -0.39 is 0 Å². The molecule has 158 valence electrons. The number of hydrogen-bond acceptors (Lipinski definition) is 5. The van der Waals surface area contributed by atoms with Gasteiger partial charge < -0.3 is 19.5 Å². The van der Waals surface area contributed by atoms with E-state index in [9.17, 15) is 4.79 Å². The van der Waals surface area contributed by atoms with Crippen LogP contribution in [0, 0.1) is 6.92 Å². The molecule has 0 aliphatic heterocycles. The van der Waals surface area contributed by atoms with Crippen molar-refractivity contribution in [1.29, 1.82) is 0 Å². The number of nitrogens with zero attached hydrogens (tertiary/aromatic N) is 1. The molecular weight excluding hydrogens is 380 g/mol. The van der Waals surface area contributed by atoms with Gasteiger partial charge >= 0.3 is 0 Å². The molecule has 1 heterocycles. The molecule has 0 bridgehead atoms. The maximum Gasteiger partial charge on any atom is 0.252 e. The van der Waals surface area contributed by atoms with E-state index in [-0.39, 0.29) is 5.91 Å². The lowest BCUT2D eigenvalue weighted by molar-refractivity contribution is 0.0952. The van der Waals surface area contributed by atoms with Crippen molar-refractivity contribution in [3.8, 4) is 17.2 Å². The lowest BCUT2D eigenvalue weighted by Gasteiger charge is -2.17. The van der Waals surface area contributed by atoms with Crippen molar-refractivity contribution in [2.45, 2.75) is 34.2 Å². The van der Waals surface area contributed by atoms with Crippen LogP contribution in [0.5, 0.6) is 17.2 Å². The number of hydrogen-bond donors (Lipinski definition) is 1. The standard InChI is InChI=1S/C24H28N2O4/c1-5-28-21-13-17(14-22(29-6-2)23(21)30-7-3)15-25-24(27)19-12-16(4)26-20-11-9-8-10-18(19)20/h8-14H,5-7,15H2,1-4H3,(H,25,27). The second-order valence-electron chi connectivity index (χ2n) is 6.73. The first kappa shape index (κ1) is 21.4. The van der Waals surface area contributed by atoms with E-state index in [1.165, 1.54) is 0 Å². The van der Waals surface area contributed by atoms with Crippen LogP contribution in [-0.4, -0.2) is 30.7 Å². The number of ether oxygens (including phenoxy) is 3. The Bertz CT molecular complexity index is 1010. The predicted molar refractivity (Wildman–Crippen MR) is 118 cm³/mol. The van der Waals surface area contributed by atoms with Gasteiger partial charge in [-0.3, -0.25) is 9.78 Å². The average molecular weight is 408 g/mol. The highest BCUT2D eigenvalue weighted by molar-refractivity contribution is 6.06. The van der Waals surface area contributed by atoms with Gasteiger partial charge in [-0.25, -0.2) is 0 Å². The average Bonchev–Trinajstić information content (AvgIpc) is 2.74. The summed E-state index contributed by atoms with van der Waals surface area (Å²) < 4.78 is 17.3. The third kappa shape index (κ3) is 4.82. The lowest BCUT2D eigenvalue weighted by atomic mass is 10.1. The fourth-order valence-corrected chi connectivity index (χ4v) is 3.32. The highest BCUT2D eigenvalue weighted by Gasteiger charge is 2.16. The summed E-state index contributed by atoms with van der Waals surface area (Å²) in [5.74, 6) is 1.66. The van der Waals surface area contributed by atoms with E-state index in [1.807, 2.05) is 70.2 Å². The summed E-state index contributed by atoms with van der Waals surface area (Å²) >= 11 is 0. The second kappa shape index (κ2) is 9.96. The third-order valence-corrected chi connectivity index (χ3v) is 4.51. The Kier molecular flexibility index (Phi) is 7.12. The molecule has 0 aliphatic carbocycles. The molecular formula is C24H28N2O4. The van der Waals surface area contributed by atoms with Gasteiger partial charge in [0.25, 0.3) is 5.91 Å². The summed E-state index contributed by atoms with van der Waals surface area (Å²) in [4.78, 5) is 17.5. The fraction of sp³-hybridized carbons (Fsp3) is 0.333. The quantitative estimate of drug-likeness (QED) is 0.557. The van der Waals surface area contributed by atoms with E-state index in [1.54, 1.807) is 0 Å². The van der Waals surface area contributed by atoms with Gasteiger partial charge in [-0.05, 0) is 57.5 Å². The first-order valence-corrected chi connectivity index (χ1v) is 10.3. The van der Waals surface area contributed by atoms with Gasteiger partial charge in [-0.1, -0.05) is 18.2 Å². The highest BCUT2D eigenvalue weighted by atomic mass is 16.5. The Morgan fingerprint density at radius 1 is 0.933 bits per heavy atom. The zero-order chi connectivity index (χ0) is 21.5. The van der Waals surface area contributed by atoms with Gasteiger partial charge in [0.1, 0.15) is 0 Å². The van der Waals surface area contributed by atoms with Crippen LogP contribution in [0.15, 0.2) is 42.5 Å². The number of benzene rings is 2. The summed E-state index contributed by atoms with van der Waals surface area (Å²) in [6.45, 7) is 9.49. The number of para-hydroxylation sites is 1. The van der Waals surface area contributed by atoms with Crippen molar-refractivity contribution in [2.24, 2.45) is 0 Å². The smallest absolute Gasteiger partial charge is 0.252 e. The molecule has 6 heteroatoms. The highest BCUT2D eigenvalue weighted by Crippen LogP contribution is 2.39. The van der Waals surface area contributed by atoms with Crippen molar-refractivity contribution in [1.82, 2.24) is 10.3 Å². The van der Waals surface area contributed by atoms with Crippen molar-refractivity contribution < 1.29 is 19.0 Å². The summed E-state index contributed by atoms with van der Waals surface area (Å²) in [6, 6.07) is 13.2. The van der Waals surface area contributed by atoms with Gasteiger partial charge in [0.15, 0.2) is 11.5 Å². The fourth-order valence-electron chi connectivity index (χ4n) is 3.32. The van der Waals surface area contributed by atoms with Gasteiger partial charge in [0, 0.05) is 17.6 Å². The number of pyridine rings is 1. The van der Waals surface area contributed by atoms with Crippen LogP contribution in [-0.2, 0) is 6.54 Å². The van der Waals surface area contributed by atoms with Gasteiger partial charge in [0.05, 0.1) is 30.9 Å². The van der Waals surface area contributed by atoms with E-state index >= 15 is 0 Å². The molecule has 0 unspecified atom stereocenters. The normalized spacial score (nSPS) is 10.7. The molecule has 1 N–H and O–H groups in total. The van der Waals surface area contributed by atoms with Crippen molar-refractivity contribution in [2.75, 3.05) is 19.8 Å². The number of rotatable bonds is 9. The van der Waals surface area contributed by atoms with Crippen molar-refractivity contribution >= 4 is 16.8 Å². The maximum atomic E-state index is 12.9. The SMILES string of the molecule is CCOc1cc(CNC(=O)c2cc(C)nc3ccccc23)cc(OCC)c1OCC. The van der Waals surface area contributed by atoms with E-state index in [0.29, 0.717) is 49.2 Å². The van der Waals surface area contributed by atoms with E-state index in [2.05, 4.69) is 10.3 Å². The summed E-state index contributed by atoms with van der Waals surface area (Å²) in [5, 5.41) is 3.84. The first-order valence-electron chi connectivity index (χ1n) is 10.3. The van der Waals surface area contributed by atoms with Crippen LogP contribution < -0.4 is 19.5 Å². The van der Waals surface area contributed by atoms with Crippen molar-refractivity contribution in [3.63, 3.8) is 0 Å². The first-order chi connectivity index (χ1) is 14.6. The number of nitrogens with one attached hydrogen (secondary N) is 1. The third-order valence-electron chi connectivity index (χ3n) is 4.51. The molecule has 30 heavy (non-hydrogen) atoms. The number of fused-ring (bicyclic) bond motifs is 1. The number of aryl methyl sites for hydroxylation is 1. The summed E-state index contributed by atoms with van der Waals surface area (Å²) in [5.41, 5.74) is 3.09. The predicted octanol–water partition coefficient (Wildman–Crippen LogP) is 4.67. The summed E-state index contributed by atoms with van der Waals surface area (Å²) in [6.07, 6.45) is 0. The van der Waals surface area contributed by atoms with Crippen LogP contribution in [0.2, 0.25) is 0 Å². The summed E-state index contributed by atoms with van der Waals surface area (Å²) in [7, 11) is 0. The Labute approximate surface area is 177 Å². The Morgan fingerprint density at radius 2 is 1.57 bits per heavy atom. The van der Waals surface area contributed by atoms with Gasteiger partial charge in [0.2, 0.25) is 5.75 Å². The van der Waals surface area contributed by atoms with Crippen molar-refractivity contribution in [3.05, 3.63) is 59.3 Å². The molecule has 0 fully saturated rings. The van der Waals surface area contributed by atoms with Gasteiger partial charge in [-0.15, -0.1) is 0 Å². The number of carbonyl (C=O) groups is 1. The number of aromatic nitrogens is 1. The molecule has 6 nitrogen and oxygen atoms in total. The topological polar surface area (TPSA) is 69.7 Å². The van der Waals surface area contributed by atoms with E-state index in [0.717, 1.165) is 22.2 Å². The lowest BCUT2D eigenvalue weighted by Crippen LogP contribution is -2.23. The van der Waals surface area contributed by atoms with Crippen LogP contribution in [0.4, 0.5) is 0 Å². The Balaban J connectivity index is 1.87. The van der Waals surface area contributed by atoms with Crippen LogP contribution in [0.3, 0.4) is 0 Å². The van der Waals surface area contributed by atoms with E-state index in [4.69, 9.17) is 14.2 Å². The number of carbonyl (C=O) groups excluding carboxylic acids is 1. The minimum Gasteiger partial charge on any atom is -0.490 e. The molecule has 1 amide bonds. The Morgan fingerprint density at radius 3 is 2.20 bits per heavy atom. The molecule has 0 aliphatic rings. The monoisotopic (exact) mass is 408 g/mol. The molecule has 1 aromatic heterocycles. The second-order valence-corrected chi connectivity index (χ2v) is 6.73. The minimum absolute atomic E-state index is 0.151. The molecule has 2 aromatic carbocycles. The van der Waals surface area contributed by atoms with Gasteiger partial charge in [-0.2, -0.15) is 0 Å². The molecule has 0 spiro atoms. The largest absolute Gasteiger partial charge is 0.490 e. The number of amides is 1. The van der Waals surface area contributed by atoms with Crippen LogP contribution in [0.1, 0.15) is 42.4 Å². The molecule has 0 radical (unpaired) electrons. The maximum absolute atomic E-state index is 12.9. The zero-order valence-electron chi connectivity index (χ0n) is 18.0. The zero-order valence-corrected chi connectivity index (χ0v) is 18.0. The minimum atomic E-state index is -0.151. The molecule has 0 atom stereocenters. The molecule has 0 saturated heterocycles. The van der Waals surface area contributed by atoms with Crippen LogP contribution >= 0.6 is 0 Å². The van der Waals surface area contributed by atoms with Crippen LogP contribution in [0.25, 0.3) is 10.9 Å². The Hall–Kier alpha value is -3.28. The molecule has 3 aromatic rings.